The van der Waals surface area contributed by atoms with Crippen LogP contribution in [0.4, 0.5) is 36.8 Å². The number of amides is 1. The summed E-state index contributed by atoms with van der Waals surface area (Å²) in [4.78, 5) is 28.6. The van der Waals surface area contributed by atoms with E-state index in [2.05, 4.69) is 20.5 Å². The number of halogens is 6. The Bertz CT molecular complexity index is 1590. The van der Waals surface area contributed by atoms with Gasteiger partial charge in [0.1, 0.15) is 17.3 Å². The topological polar surface area (TPSA) is 135 Å². The maximum absolute atomic E-state index is 15.3. The third-order valence-corrected chi connectivity index (χ3v) is 6.98. The van der Waals surface area contributed by atoms with Crippen LogP contribution in [0.3, 0.4) is 0 Å². The molecular weight excluding hydrogens is 654 g/mol. The fourth-order valence-corrected chi connectivity index (χ4v) is 4.89. The number of rotatable bonds is 5. The molecule has 1 aliphatic heterocycles. The Labute approximate surface area is 271 Å². The summed E-state index contributed by atoms with van der Waals surface area (Å²) in [5, 5.41) is 9.46. The molecule has 0 saturated carbocycles. The van der Waals surface area contributed by atoms with Crippen molar-refractivity contribution in [1.82, 2.24) is 15.2 Å². The van der Waals surface area contributed by atoms with Crippen LogP contribution in [0.2, 0.25) is 0 Å². The zero-order chi connectivity index (χ0) is 35.5. The smallest absolute Gasteiger partial charge is 0.426 e. The standard InChI is InChI=1S/C31H34F6N4O7/c1-17-10-9-13-20(46-18(2)42)15-29(31(35,36)37,44-16-19-11-7-6-8-12-19)26-41-40-25(47-26)23-22(38-27(43)48-28(3,4)5)14-21(30(32,33)34)24(39-23)45-17/h6-8,11-12,14,17,20H,9-10,13,15-16H2,1-5H3,(H,38,43)/t17-,20?,29-/m1/s1. The summed E-state index contributed by atoms with van der Waals surface area (Å²) >= 11 is 0. The van der Waals surface area contributed by atoms with E-state index < -0.39 is 95.5 Å². The van der Waals surface area contributed by atoms with Gasteiger partial charge in [0.05, 0.1) is 18.4 Å². The van der Waals surface area contributed by atoms with E-state index in [1.807, 2.05) is 0 Å². The van der Waals surface area contributed by atoms with E-state index in [1.54, 1.807) is 18.2 Å². The molecule has 0 aliphatic carbocycles. The van der Waals surface area contributed by atoms with Gasteiger partial charge in [0.2, 0.25) is 11.5 Å². The highest BCUT2D eigenvalue weighted by Crippen LogP contribution is 2.48. The van der Waals surface area contributed by atoms with E-state index in [-0.39, 0.29) is 19.3 Å². The monoisotopic (exact) mass is 688 g/mol. The highest BCUT2D eigenvalue weighted by atomic mass is 19.4. The first-order chi connectivity index (χ1) is 22.3. The van der Waals surface area contributed by atoms with E-state index in [9.17, 15) is 22.8 Å². The molecule has 262 valence electrons. The Morgan fingerprint density at radius 2 is 1.73 bits per heavy atom. The lowest BCUT2D eigenvalue weighted by Gasteiger charge is -2.35. The van der Waals surface area contributed by atoms with Crippen LogP contribution in [0.25, 0.3) is 11.6 Å². The molecule has 48 heavy (non-hydrogen) atoms. The van der Waals surface area contributed by atoms with E-state index in [4.69, 9.17) is 23.4 Å². The summed E-state index contributed by atoms with van der Waals surface area (Å²) in [6.07, 6.45) is -14.9. The normalized spacial score (nSPS) is 20.6. The number of pyridine rings is 1. The van der Waals surface area contributed by atoms with Crippen LogP contribution in [0, 0.1) is 0 Å². The molecule has 3 atom stereocenters. The number of nitrogens with one attached hydrogen (secondary N) is 1. The van der Waals surface area contributed by atoms with Crippen LogP contribution in [0.1, 0.15) is 77.3 Å². The van der Waals surface area contributed by atoms with E-state index in [1.165, 1.54) is 39.8 Å². The third-order valence-electron chi connectivity index (χ3n) is 6.98. The molecule has 0 saturated heterocycles. The van der Waals surface area contributed by atoms with Gasteiger partial charge >= 0.3 is 24.4 Å². The zero-order valence-electron chi connectivity index (χ0n) is 26.6. The van der Waals surface area contributed by atoms with Crippen LogP contribution < -0.4 is 10.1 Å². The predicted molar refractivity (Wildman–Crippen MR) is 155 cm³/mol. The van der Waals surface area contributed by atoms with Gasteiger partial charge in [0.25, 0.3) is 11.8 Å². The Hall–Kier alpha value is -4.41. The number of alkyl halides is 6. The first kappa shape index (κ1) is 36.4. The molecule has 0 spiro atoms. The summed E-state index contributed by atoms with van der Waals surface area (Å²) in [7, 11) is 0. The molecule has 3 aromatic rings. The van der Waals surface area contributed by atoms with Gasteiger partial charge < -0.3 is 23.4 Å². The highest BCUT2D eigenvalue weighted by molar-refractivity contribution is 5.89. The molecule has 1 aliphatic rings. The Kier molecular flexibility index (Phi) is 10.6. The van der Waals surface area contributed by atoms with Crippen molar-refractivity contribution in [3.8, 4) is 17.5 Å². The lowest BCUT2D eigenvalue weighted by Crippen LogP contribution is -2.48. The van der Waals surface area contributed by atoms with Crippen LogP contribution >= 0.6 is 0 Å². The molecule has 1 N–H and O–H groups in total. The second-order valence-corrected chi connectivity index (χ2v) is 12.2. The molecule has 1 amide bonds. The van der Waals surface area contributed by atoms with Crippen molar-refractivity contribution in [1.29, 1.82) is 0 Å². The number of benzene rings is 1. The van der Waals surface area contributed by atoms with Gasteiger partial charge in [-0.15, -0.1) is 10.2 Å². The van der Waals surface area contributed by atoms with E-state index >= 15 is 13.2 Å². The molecule has 4 rings (SSSR count). The zero-order valence-corrected chi connectivity index (χ0v) is 26.6. The van der Waals surface area contributed by atoms with Gasteiger partial charge in [0, 0.05) is 13.3 Å². The van der Waals surface area contributed by atoms with E-state index in [0.29, 0.717) is 11.6 Å². The summed E-state index contributed by atoms with van der Waals surface area (Å²) in [6.45, 7) is 6.40. The molecule has 1 unspecified atom stereocenters. The first-order valence-electron chi connectivity index (χ1n) is 14.8. The fourth-order valence-electron chi connectivity index (χ4n) is 4.89. The van der Waals surface area contributed by atoms with Crippen molar-refractivity contribution in [3.05, 3.63) is 53.4 Å². The Morgan fingerprint density at radius 3 is 2.33 bits per heavy atom. The van der Waals surface area contributed by atoms with Gasteiger partial charge in [-0.25, -0.2) is 9.78 Å². The van der Waals surface area contributed by atoms with Crippen molar-refractivity contribution >= 4 is 17.7 Å². The number of hydrogen-bond acceptors (Lipinski definition) is 10. The quantitative estimate of drug-likeness (QED) is 0.209. The van der Waals surface area contributed by atoms with Gasteiger partial charge in [-0.05, 0) is 58.6 Å². The molecule has 17 heteroatoms. The molecule has 2 aromatic heterocycles. The molecular formula is C31H34F6N4O7. The predicted octanol–water partition coefficient (Wildman–Crippen LogP) is 7.74. The Balaban J connectivity index is 1.95. The number of ether oxygens (including phenoxy) is 4. The summed E-state index contributed by atoms with van der Waals surface area (Å²) in [6, 6.07) is 8.39. The average molecular weight is 689 g/mol. The number of anilines is 1. The molecule has 3 heterocycles. The van der Waals surface area contributed by atoms with Crippen LogP contribution in [-0.2, 0) is 37.4 Å². The summed E-state index contributed by atoms with van der Waals surface area (Å²) < 4.78 is 116. The molecule has 0 radical (unpaired) electrons. The number of aromatic nitrogens is 3. The van der Waals surface area contributed by atoms with Crippen molar-refractivity contribution in [2.24, 2.45) is 0 Å². The maximum atomic E-state index is 15.3. The molecule has 0 fully saturated rings. The molecule has 4 bridgehead atoms. The van der Waals surface area contributed by atoms with Crippen molar-refractivity contribution in [2.45, 2.75) is 103 Å². The molecule has 11 nitrogen and oxygen atoms in total. The Morgan fingerprint density at radius 1 is 1.04 bits per heavy atom. The number of fused-ring (bicyclic) bond motifs is 5. The van der Waals surface area contributed by atoms with Crippen LogP contribution in [0.15, 0.2) is 40.8 Å². The number of carbonyl (C=O) groups excluding carboxylic acids is 2. The summed E-state index contributed by atoms with van der Waals surface area (Å²) in [5.41, 5.74) is -6.79. The SMILES string of the molecule is CC(=O)OC1CCC[C@@H](C)Oc2nc(c(NC(=O)OC(C)(C)C)cc2C(F)(F)F)-c2nnc(o2)[C@@](OCc2ccccc2)(C(F)(F)F)C1. The van der Waals surface area contributed by atoms with E-state index in [0.717, 1.165) is 6.92 Å². The minimum Gasteiger partial charge on any atom is -0.474 e. The fraction of sp³-hybridized carbons (Fsp3) is 0.516. The second kappa shape index (κ2) is 14.0. The number of nitrogens with zero attached hydrogens (tertiary/aromatic N) is 3. The molecule has 1 aromatic carbocycles. The maximum Gasteiger partial charge on any atom is 0.426 e. The van der Waals surface area contributed by atoms with Gasteiger partial charge in [-0.3, -0.25) is 10.1 Å². The van der Waals surface area contributed by atoms with Crippen molar-refractivity contribution in [2.75, 3.05) is 5.32 Å². The van der Waals surface area contributed by atoms with Crippen LogP contribution in [-0.4, -0.2) is 51.2 Å². The second-order valence-electron chi connectivity index (χ2n) is 12.2. The average Bonchev–Trinajstić information content (AvgIpc) is 3.43. The van der Waals surface area contributed by atoms with Crippen molar-refractivity contribution < 1.29 is 59.3 Å². The largest absolute Gasteiger partial charge is 0.474 e. The third kappa shape index (κ3) is 8.93. The number of carbonyl (C=O) groups is 2. The summed E-state index contributed by atoms with van der Waals surface area (Å²) in [5.74, 6) is -3.77. The first-order valence-corrected chi connectivity index (χ1v) is 14.8. The van der Waals surface area contributed by atoms with Gasteiger partial charge in [0.15, 0.2) is 5.69 Å². The number of esters is 1. The van der Waals surface area contributed by atoms with Gasteiger partial charge in [-0.1, -0.05) is 30.3 Å². The van der Waals surface area contributed by atoms with Gasteiger partial charge in [-0.2, -0.15) is 26.3 Å². The lowest BCUT2D eigenvalue weighted by atomic mass is 9.91. The minimum absolute atomic E-state index is 0.0340. The number of hydrogen-bond donors (Lipinski definition) is 1. The van der Waals surface area contributed by atoms with Crippen LogP contribution in [0.5, 0.6) is 5.88 Å². The highest BCUT2D eigenvalue weighted by Gasteiger charge is 2.62. The minimum atomic E-state index is -5.26. The van der Waals surface area contributed by atoms with Crippen molar-refractivity contribution in [3.63, 3.8) is 0 Å². The lowest BCUT2D eigenvalue weighted by molar-refractivity contribution is -0.305.